The molecule has 0 aliphatic rings. The van der Waals surface area contributed by atoms with Crippen molar-refractivity contribution in [2.45, 2.75) is 32.7 Å². The van der Waals surface area contributed by atoms with E-state index in [1.165, 1.54) is 10.7 Å². The first-order valence-corrected chi connectivity index (χ1v) is 9.14. The van der Waals surface area contributed by atoms with Crippen molar-refractivity contribution in [2.24, 2.45) is 0 Å². The van der Waals surface area contributed by atoms with E-state index in [-0.39, 0.29) is 17.5 Å². The Hall–Kier alpha value is -3.66. The van der Waals surface area contributed by atoms with E-state index in [9.17, 15) is 10.1 Å². The molecule has 1 aromatic carbocycles. The van der Waals surface area contributed by atoms with Gasteiger partial charge in [-0.1, -0.05) is 44.2 Å². The molecular weight excluding hydrogens is 352 g/mol. The molecule has 1 unspecified atom stereocenters. The van der Waals surface area contributed by atoms with Crippen molar-refractivity contribution in [3.05, 3.63) is 76.0 Å². The number of H-pyrrole nitrogens is 1. The first-order valence-electron chi connectivity index (χ1n) is 9.14. The van der Waals surface area contributed by atoms with Gasteiger partial charge in [0.05, 0.1) is 24.1 Å². The van der Waals surface area contributed by atoms with Gasteiger partial charge in [-0.3, -0.25) is 9.48 Å². The fourth-order valence-corrected chi connectivity index (χ4v) is 3.44. The van der Waals surface area contributed by atoms with Crippen LogP contribution in [0.5, 0.6) is 0 Å². The summed E-state index contributed by atoms with van der Waals surface area (Å²) in [6, 6.07) is 12.2. The molecule has 0 aliphatic heterocycles. The highest BCUT2D eigenvalue weighted by atomic mass is 16.1. The lowest BCUT2D eigenvalue weighted by Gasteiger charge is -2.13. The van der Waals surface area contributed by atoms with Crippen molar-refractivity contribution in [1.82, 2.24) is 24.4 Å². The van der Waals surface area contributed by atoms with Crippen LogP contribution < -0.4 is 5.56 Å². The molecule has 0 aliphatic carbocycles. The summed E-state index contributed by atoms with van der Waals surface area (Å²) in [5.74, 6) is -0.0206. The zero-order chi connectivity index (χ0) is 19.8. The van der Waals surface area contributed by atoms with Gasteiger partial charge in [-0.2, -0.15) is 20.0 Å². The highest BCUT2D eigenvalue weighted by molar-refractivity contribution is 5.67. The lowest BCUT2D eigenvalue weighted by molar-refractivity contribution is 0.564. The summed E-state index contributed by atoms with van der Waals surface area (Å²) >= 11 is 0. The quantitative estimate of drug-likeness (QED) is 0.593. The minimum Gasteiger partial charge on any atom is -0.338 e. The molecule has 0 fully saturated rings. The van der Waals surface area contributed by atoms with Gasteiger partial charge in [0, 0.05) is 17.3 Å². The number of hydrogen-bond acceptors (Lipinski definition) is 4. The topological polar surface area (TPSA) is 91.8 Å². The van der Waals surface area contributed by atoms with Crippen molar-refractivity contribution in [3.63, 3.8) is 0 Å². The van der Waals surface area contributed by atoms with E-state index in [4.69, 9.17) is 0 Å². The average molecular weight is 372 g/mol. The van der Waals surface area contributed by atoms with Crippen molar-refractivity contribution < 1.29 is 0 Å². The summed E-state index contributed by atoms with van der Waals surface area (Å²) in [6.07, 6.45) is 5.07. The predicted octanol–water partition coefficient (Wildman–Crippen LogP) is 3.49. The maximum Gasteiger partial charge on any atom is 0.278 e. The molecule has 0 saturated carbocycles. The SMILES string of the molecule is CC(C)c1c(-c2cnn(C(C)c3ccccc3)c2)[nH]c2c(C#N)cnn2c1=O. The maximum absolute atomic E-state index is 13.0. The molecule has 1 N–H and O–H groups in total. The smallest absolute Gasteiger partial charge is 0.278 e. The van der Waals surface area contributed by atoms with Crippen LogP contribution in [0.2, 0.25) is 0 Å². The number of nitrogens with one attached hydrogen (secondary N) is 1. The standard InChI is InChI=1S/C21H20N6O/c1-13(2)18-19(25-20-16(9-22)10-24-27(20)21(18)28)17-11-23-26(12-17)14(3)15-7-5-4-6-8-15/h4-8,10-14,25H,1-3H3. The Morgan fingerprint density at radius 3 is 2.54 bits per heavy atom. The third kappa shape index (κ3) is 2.79. The van der Waals surface area contributed by atoms with Gasteiger partial charge in [0.1, 0.15) is 11.6 Å². The molecule has 3 aromatic heterocycles. The molecule has 1 atom stereocenters. The van der Waals surface area contributed by atoms with E-state index in [2.05, 4.69) is 40.3 Å². The number of nitriles is 1. The molecule has 0 amide bonds. The Labute approximate surface area is 161 Å². The van der Waals surface area contributed by atoms with Crippen LogP contribution >= 0.6 is 0 Å². The van der Waals surface area contributed by atoms with Gasteiger partial charge in [-0.05, 0) is 18.4 Å². The van der Waals surface area contributed by atoms with Crippen LogP contribution in [0.1, 0.15) is 49.4 Å². The van der Waals surface area contributed by atoms with Crippen LogP contribution in [0.25, 0.3) is 16.9 Å². The molecule has 7 heteroatoms. The highest BCUT2D eigenvalue weighted by Gasteiger charge is 2.20. The molecule has 0 saturated heterocycles. The van der Waals surface area contributed by atoms with Crippen LogP contribution in [0.4, 0.5) is 0 Å². The van der Waals surface area contributed by atoms with Crippen molar-refractivity contribution >= 4 is 5.65 Å². The monoisotopic (exact) mass is 372 g/mol. The van der Waals surface area contributed by atoms with Crippen LogP contribution in [-0.2, 0) is 0 Å². The second-order valence-electron chi connectivity index (χ2n) is 7.10. The molecule has 3 heterocycles. The van der Waals surface area contributed by atoms with Crippen LogP contribution in [-0.4, -0.2) is 24.4 Å². The number of aromatic nitrogens is 5. The van der Waals surface area contributed by atoms with E-state index < -0.39 is 0 Å². The summed E-state index contributed by atoms with van der Waals surface area (Å²) < 4.78 is 3.13. The van der Waals surface area contributed by atoms with Gasteiger partial charge < -0.3 is 4.98 Å². The zero-order valence-corrected chi connectivity index (χ0v) is 15.9. The Balaban J connectivity index is 1.88. The van der Waals surface area contributed by atoms with Crippen LogP contribution in [0.3, 0.4) is 0 Å². The number of hydrogen-bond donors (Lipinski definition) is 1. The van der Waals surface area contributed by atoms with E-state index in [0.29, 0.717) is 22.5 Å². The summed E-state index contributed by atoms with van der Waals surface area (Å²) in [6.45, 7) is 6.00. The minimum absolute atomic E-state index is 0.0206. The molecule has 140 valence electrons. The number of rotatable bonds is 4. The number of fused-ring (bicyclic) bond motifs is 1. The Bertz CT molecular complexity index is 1240. The molecule has 7 nitrogen and oxygen atoms in total. The van der Waals surface area contributed by atoms with Gasteiger partial charge in [0.25, 0.3) is 5.56 Å². The molecule has 0 radical (unpaired) electrons. The van der Waals surface area contributed by atoms with E-state index >= 15 is 0 Å². The molecule has 0 spiro atoms. The number of aromatic amines is 1. The van der Waals surface area contributed by atoms with Gasteiger partial charge >= 0.3 is 0 Å². The first-order chi connectivity index (χ1) is 13.5. The third-order valence-electron chi connectivity index (χ3n) is 4.97. The van der Waals surface area contributed by atoms with Gasteiger partial charge in [0.2, 0.25) is 0 Å². The van der Waals surface area contributed by atoms with Gasteiger partial charge in [-0.25, -0.2) is 0 Å². The highest BCUT2D eigenvalue weighted by Crippen LogP contribution is 2.27. The fraction of sp³-hybridized carbons (Fsp3) is 0.238. The Kier molecular flexibility index (Phi) is 4.32. The predicted molar refractivity (Wildman–Crippen MR) is 106 cm³/mol. The minimum atomic E-state index is -0.218. The third-order valence-corrected chi connectivity index (χ3v) is 4.97. The van der Waals surface area contributed by atoms with Crippen molar-refractivity contribution in [2.75, 3.05) is 0 Å². The zero-order valence-electron chi connectivity index (χ0n) is 15.9. The average Bonchev–Trinajstić information content (AvgIpc) is 3.34. The fourth-order valence-electron chi connectivity index (χ4n) is 3.44. The summed E-state index contributed by atoms with van der Waals surface area (Å²) in [5, 5.41) is 17.9. The van der Waals surface area contributed by atoms with Crippen molar-refractivity contribution in [3.8, 4) is 17.3 Å². The molecule has 4 aromatic rings. The first kappa shape index (κ1) is 17.7. The second-order valence-corrected chi connectivity index (χ2v) is 7.10. The van der Waals surface area contributed by atoms with Gasteiger partial charge in [0.15, 0.2) is 5.65 Å². The van der Waals surface area contributed by atoms with E-state index in [0.717, 1.165) is 11.1 Å². The second kappa shape index (κ2) is 6.82. The Morgan fingerprint density at radius 1 is 1.11 bits per heavy atom. The maximum atomic E-state index is 13.0. The Morgan fingerprint density at radius 2 is 1.86 bits per heavy atom. The lowest BCUT2D eigenvalue weighted by Crippen LogP contribution is -2.22. The molecule has 28 heavy (non-hydrogen) atoms. The molecule has 0 bridgehead atoms. The molecule has 4 rings (SSSR count). The number of benzene rings is 1. The normalized spacial score (nSPS) is 12.4. The van der Waals surface area contributed by atoms with E-state index in [1.807, 2.05) is 42.9 Å². The molecular formula is C21H20N6O. The van der Waals surface area contributed by atoms with Crippen LogP contribution in [0.15, 0.2) is 53.7 Å². The summed E-state index contributed by atoms with van der Waals surface area (Å²) in [7, 11) is 0. The van der Waals surface area contributed by atoms with Crippen molar-refractivity contribution in [1.29, 1.82) is 5.26 Å². The van der Waals surface area contributed by atoms with E-state index in [1.54, 1.807) is 6.20 Å². The van der Waals surface area contributed by atoms with Gasteiger partial charge in [-0.15, -0.1) is 0 Å². The largest absolute Gasteiger partial charge is 0.338 e. The lowest BCUT2D eigenvalue weighted by atomic mass is 10.00. The summed E-state index contributed by atoms with van der Waals surface area (Å²) in [4.78, 5) is 16.2. The van der Waals surface area contributed by atoms with Crippen LogP contribution in [0, 0.1) is 11.3 Å². The summed E-state index contributed by atoms with van der Waals surface area (Å²) in [5.41, 5.74) is 3.76. The number of nitrogens with zero attached hydrogens (tertiary/aromatic N) is 5.